The van der Waals surface area contributed by atoms with Crippen molar-refractivity contribution in [1.29, 1.82) is 0 Å². The molecule has 1 amide bonds. The number of halogens is 2. The maximum atomic E-state index is 15.2. The number of carbonyl (C=O) groups excluding carboxylic acids is 2. The maximum absolute atomic E-state index is 15.2. The lowest BCUT2D eigenvalue weighted by atomic mass is 9.89. The molecule has 11 nitrogen and oxygen atoms in total. The van der Waals surface area contributed by atoms with Crippen molar-refractivity contribution in [1.82, 2.24) is 24.9 Å². The normalized spacial score (nSPS) is 16.8. The Morgan fingerprint density at radius 1 is 1.08 bits per heavy atom. The molecule has 2 atom stereocenters. The molecular formula is C35H33F2N7O4. The summed E-state index contributed by atoms with van der Waals surface area (Å²) in [5, 5.41) is 7.91. The van der Waals surface area contributed by atoms with Gasteiger partial charge in [0, 0.05) is 56.3 Å². The third-order valence-electron chi connectivity index (χ3n) is 9.09. The minimum atomic E-state index is -0.718. The van der Waals surface area contributed by atoms with E-state index in [4.69, 9.17) is 14.6 Å². The van der Waals surface area contributed by atoms with Crippen molar-refractivity contribution in [3.05, 3.63) is 94.9 Å². The predicted octanol–water partition coefficient (Wildman–Crippen LogP) is 5.13. The molecule has 5 aromatic rings. The Balaban J connectivity index is 1.31. The number of pyridine rings is 1. The summed E-state index contributed by atoms with van der Waals surface area (Å²) in [6.07, 6.45) is 5.35. The number of nitrogens with zero attached hydrogens (tertiary/aromatic N) is 6. The van der Waals surface area contributed by atoms with Crippen LogP contribution in [0, 0.1) is 11.6 Å². The first kappa shape index (κ1) is 31.2. The van der Waals surface area contributed by atoms with Crippen molar-refractivity contribution in [2.24, 2.45) is 0 Å². The Bertz CT molecular complexity index is 2030. The number of amides is 1. The zero-order valence-electron chi connectivity index (χ0n) is 26.6. The SMILES string of the molecule is COc1ccc(CN(C)c2cc(N3CCc4c(-c5ncc(C=O)cc5F)cc(F)cc43)nn3c(C(=O)N[C@@H]4CC[C@H]4OC)cnc23)cc1. The predicted molar refractivity (Wildman–Crippen MR) is 175 cm³/mol. The molecule has 1 fully saturated rings. The lowest BCUT2D eigenvalue weighted by molar-refractivity contribution is 0.00718. The molecule has 0 bridgehead atoms. The first-order chi connectivity index (χ1) is 23.3. The number of fused-ring (bicyclic) bond motifs is 2. The molecule has 7 rings (SSSR count). The second-order valence-corrected chi connectivity index (χ2v) is 12.0. The third kappa shape index (κ3) is 5.59. The van der Waals surface area contributed by atoms with Crippen LogP contribution in [-0.2, 0) is 17.7 Å². The summed E-state index contributed by atoms with van der Waals surface area (Å²) in [4.78, 5) is 37.3. The Morgan fingerprint density at radius 3 is 2.58 bits per heavy atom. The fourth-order valence-corrected chi connectivity index (χ4v) is 6.39. The van der Waals surface area contributed by atoms with E-state index in [9.17, 15) is 9.59 Å². The molecule has 0 saturated heterocycles. The minimum Gasteiger partial charge on any atom is -0.497 e. The highest BCUT2D eigenvalue weighted by atomic mass is 19.1. The maximum Gasteiger partial charge on any atom is 0.271 e. The highest BCUT2D eigenvalue weighted by Gasteiger charge is 2.34. The smallest absolute Gasteiger partial charge is 0.271 e. The van der Waals surface area contributed by atoms with Crippen LogP contribution in [0.15, 0.2) is 60.9 Å². The van der Waals surface area contributed by atoms with Crippen LogP contribution >= 0.6 is 0 Å². The van der Waals surface area contributed by atoms with Crippen molar-refractivity contribution in [2.75, 3.05) is 37.6 Å². The van der Waals surface area contributed by atoms with Gasteiger partial charge in [0.15, 0.2) is 23.4 Å². The van der Waals surface area contributed by atoms with Crippen LogP contribution < -0.4 is 19.9 Å². The van der Waals surface area contributed by atoms with Crippen molar-refractivity contribution in [3.8, 4) is 17.0 Å². The van der Waals surface area contributed by atoms with Gasteiger partial charge in [0.1, 0.15) is 23.1 Å². The number of rotatable bonds is 10. The van der Waals surface area contributed by atoms with Crippen LogP contribution in [0.5, 0.6) is 5.75 Å². The van der Waals surface area contributed by atoms with Crippen molar-refractivity contribution in [3.63, 3.8) is 0 Å². The van der Waals surface area contributed by atoms with Crippen LogP contribution in [0.4, 0.5) is 26.0 Å². The van der Waals surface area contributed by atoms with Gasteiger partial charge >= 0.3 is 0 Å². The number of aromatic nitrogens is 4. The number of nitrogens with one attached hydrogen (secondary N) is 1. The molecule has 4 heterocycles. The molecule has 0 spiro atoms. The Hall–Kier alpha value is -5.43. The van der Waals surface area contributed by atoms with Crippen LogP contribution in [0.2, 0.25) is 0 Å². The molecule has 2 aromatic carbocycles. The average Bonchev–Trinajstić information content (AvgIpc) is 3.71. The van der Waals surface area contributed by atoms with Crippen LogP contribution in [-0.4, -0.2) is 71.7 Å². The van der Waals surface area contributed by atoms with Gasteiger partial charge in [0.05, 0.1) is 31.1 Å². The van der Waals surface area contributed by atoms with E-state index in [2.05, 4.69) is 15.3 Å². The Labute approximate surface area is 275 Å². The number of carbonyl (C=O) groups is 2. The lowest BCUT2D eigenvalue weighted by Gasteiger charge is -2.35. The molecule has 0 radical (unpaired) electrons. The van der Waals surface area contributed by atoms with Crippen LogP contribution in [0.25, 0.3) is 16.9 Å². The van der Waals surface area contributed by atoms with E-state index in [1.807, 2.05) is 47.2 Å². The fraction of sp³-hybridized carbons (Fsp3) is 0.286. The van der Waals surface area contributed by atoms with Crippen LogP contribution in [0.1, 0.15) is 44.8 Å². The summed E-state index contributed by atoms with van der Waals surface area (Å²) in [7, 11) is 5.16. The molecule has 0 unspecified atom stereocenters. The standard InChI is InChI=1S/C35H33F2N7O4/c1-42(18-20-4-6-23(47-2)7-5-20)29-15-32(41-44-30(17-39-34(29)44)35(46)40-27-8-9-31(27)48-3)43-11-10-24-25(13-22(36)14-28(24)43)33-26(37)12-21(19-45)16-38-33/h4-7,12-17,19,27,31H,8-11,18H2,1-3H3,(H,40,46)/t27-,31-/m1/s1. The highest BCUT2D eigenvalue weighted by molar-refractivity contribution is 5.94. The van der Waals surface area contributed by atoms with E-state index in [0.29, 0.717) is 59.8 Å². The van der Waals surface area contributed by atoms with Gasteiger partial charge in [-0.1, -0.05) is 12.1 Å². The molecule has 1 N–H and O–H groups in total. The summed E-state index contributed by atoms with van der Waals surface area (Å²) >= 11 is 0. The number of benzene rings is 2. The van der Waals surface area contributed by atoms with E-state index < -0.39 is 11.6 Å². The van der Waals surface area contributed by atoms with Gasteiger partial charge in [-0.25, -0.2) is 18.3 Å². The van der Waals surface area contributed by atoms with Gasteiger partial charge in [0.2, 0.25) is 0 Å². The summed E-state index contributed by atoms with van der Waals surface area (Å²) in [5.41, 5.74) is 3.97. The first-order valence-corrected chi connectivity index (χ1v) is 15.6. The van der Waals surface area contributed by atoms with Crippen molar-refractivity contribution in [2.45, 2.75) is 38.0 Å². The van der Waals surface area contributed by atoms with E-state index in [1.165, 1.54) is 29.0 Å². The second kappa shape index (κ2) is 12.6. The van der Waals surface area contributed by atoms with E-state index in [0.717, 1.165) is 30.2 Å². The van der Waals surface area contributed by atoms with Gasteiger partial charge in [-0.05, 0) is 60.7 Å². The first-order valence-electron chi connectivity index (χ1n) is 15.6. The number of hydrogen-bond donors (Lipinski definition) is 1. The molecular weight excluding hydrogens is 620 g/mol. The van der Waals surface area contributed by atoms with Gasteiger partial charge < -0.3 is 24.6 Å². The number of methoxy groups -OCH3 is 2. The van der Waals surface area contributed by atoms with E-state index in [1.54, 1.807) is 14.2 Å². The minimum absolute atomic E-state index is 0.0413. The molecule has 2 aliphatic rings. The third-order valence-corrected chi connectivity index (χ3v) is 9.09. The van der Waals surface area contributed by atoms with E-state index in [-0.39, 0.29) is 35.0 Å². The van der Waals surface area contributed by atoms with Gasteiger partial charge in [0.25, 0.3) is 5.91 Å². The highest BCUT2D eigenvalue weighted by Crippen LogP contribution is 2.41. The zero-order chi connectivity index (χ0) is 33.5. The van der Waals surface area contributed by atoms with Gasteiger partial charge in [-0.3, -0.25) is 14.6 Å². The summed E-state index contributed by atoms with van der Waals surface area (Å²) in [6, 6.07) is 13.2. The lowest BCUT2D eigenvalue weighted by Crippen LogP contribution is -2.51. The molecule has 13 heteroatoms. The number of hydrogen-bond acceptors (Lipinski definition) is 9. The summed E-state index contributed by atoms with van der Waals surface area (Å²) in [5.74, 6) is -0.438. The number of ether oxygens (including phenoxy) is 2. The second-order valence-electron chi connectivity index (χ2n) is 12.0. The summed E-state index contributed by atoms with van der Waals surface area (Å²) in [6.45, 7) is 0.917. The quantitative estimate of drug-likeness (QED) is 0.205. The molecule has 1 aliphatic heterocycles. The monoisotopic (exact) mass is 653 g/mol. The average molecular weight is 654 g/mol. The topological polar surface area (TPSA) is 114 Å². The van der Waals surface area contributed by atoms with Gasteiger partial charge in [-0.2, -0.15) is 0 Å². The molecule has 1 aliphatic carbocycles. The molecule has 3 aromatic heterocycles. The van der Waals surface area contributed by atoms with E-state index >= 15 is 8.78 Å². The van der Waals surface area contributed by atoms with Gasteiger partial charge in [-0.15, -0.1) is 5.10 Å². The Morgan fingerprint density at radius 2 is 1.90 bits per heavy atom. The van der Waals surface area contributed by atoms with Crippen molar-refractivity contribution >= 4 is 35.0 Å². The zero-order valence-corrected chi connectivity index (χ0v) is 26.6. The fourth-order valence-electron chi connectivity index (χ4n) is 6.39. The van der Waals surface area contributed by atoms with Crippen molar-refractivity contribution < 1.29 is 27.8 Å². The molecule has 48 heavy (non-hydrogen) atoms. The number of anilines is 3. The van der Waals surface area contributed by atoms with Crippen LogP contribution in [0.3, 0.4) is 0 Å². The number of aldehydes is 1. The largest absolute Gasteiger partial charge is 0.497 e. The molecule has 246 valence electrons. The number of imidazole rings is 1. The summed E-state index contributed by atoms with van der Waals surface area (Å²) < 4.78 is 42.6. The Kier molecular flexibility index (Phi) is 8.21. The molecule has 1 saturated carbocycles.